The van der Waals surface area contributed by atoms with Crippen LogP contribution in [0.5, 0.6) is 0 Å². The van der Waals surface area contributed by atoms with Crippen molar-refractivity contribution in [3.05, 3.63) is 5.82 Å². The molecule has 2 heterocycles. The molecular formula is C13H19N5O3. The molecule has 0 radical (unpaired) electrons. The maximum Gasteiger partial charge on any atom is 0.329 e. The summed E-state index contributed by atoms with van der Waals surface area (Å²) in [4.78, 5) is 26.4. The normalized spacial score (nSPS) is 27.7. The largest absolute Gasteiger partial charge is 0.464 e. The number of aromatic nitrogens is 4. The Kier molecular flexibility index (Phi) is 3.85. The zero-order valence-corrected chi connectivity index (χ0v) is 12.0. The third-order valence-electron chi connectivity index (χ3n) is 4.44. The fourth-order valence-corrected chi connectivity index (χ4v) is 3.59. The fraction of sp³-hybridized carbons (Fsp3) is 0.769. The van der Waals surface area contributed by atoms with Gasteiger partial charge in [0.05, 0.1) is 13.0 Å². The molecule has 2 fully saturated rings. The van der Waals surface area contributed by atoms with E-state index in [4.69, 9.17) is 4.74 Å². The molecule has 1 amide bonds. The molecule has 8 nitrogen and oxygen atoms in total. The van der Waals surface area contributed by atoms with Gasteiger partial charge in [-0.1, -0.05) is 11.6 Å². The minimum atomic E-state index is -0.447. The van der Waals surface area contributed by atoms with Crippen molar-refractivity contribution >= 4 is 11.9 Å². The second kappa shape index (κ2) is 5.79. The van der Waals surface area contributed by atoms with Crippen LogP contribution >= 0.6 is 0 Å². The molecule has 114 valence electrons. The Labute approximate surface area is 122 Å². The van der Waals surface area contributed by atoms with Gasteiger partial charge in [0.15, 0.2) is 5.82 Å². The summed E-state index contributed by atoms with van der Waals surface area (Å²) in [5.74, 6) is 0.573. The van der Waals surface area contributed by atoms with E-state index in [0.717, 1.165) is 19.3 Å². The van der Waals surface area contributed by atoms with Crippen molar-refractivity contribution in [2.24, 2.45) is 11.8 Å². The first-order valence-electron chi connectivity index (χ1n) is 7.39. The predicted molar refractivity (Wildman–Crippen MR) is 70.8 cm³/mol. The standard InChI is InChI=1S/C13H19N5O3/c1-2-21-13(20)12-9-5-3-4-8(9)7-18(12)11(19)6-10-14-16-17-15-10/h8-9,12H,2-7H2,1H3,(H,14,15,16,17)/t8-,9-,12+/m1/s1. The smallest absolute Gasteiger partial charge is 0.329 e. The van der Waals surface area contributed by atoms with Gasteiger partial charge in [0.1, 0.15) is 6.04 Å². The van der Waals surface area contributed by atoms with E-state index in [0.29, 0.717) is 24.9 Å². The number of nitrogens with one attached hydrogen (secondary N) is 1. The number of hydrogen-bond acceptors (Lipinski definition) is 6. The highest BCUT2D eigenvalue weighted by Gasteiger charge is 2.50. The number of amides is 1. The number of fused-ring (bicyclic) bond motifs is 1. The first-order chi connectivity index (χ1) is 10.2. The second-order valence-electron chi connectivity index (χ2n) is 5.60. The molecule has 2 aliphatic rings. The van der Waals surface area contributed by atoms with E-state index in [-0.39, 0.29) is 24.2 Å². The number of esters is 1. The minimum Gasteiger partial charge on any atom is -0.464 e. The molecule has 0 bridgehead atoms. The summed E-state index contributed by atoms with van der Waals surface area (Å²) in [5.41, 5.74) is 0. The summed E-state index contributed by atoms with van der Waals surface area (Å²) < 4.78 is 5.17. The fourth-order valence-electron chi connectivity index (χ4n) is 3.59. The van der Waals surface area contributed by atoms with Crippen LogP contribution < -0.4 is 0 Å². The molecule has 1 aromatic rings. The monoisotopic (exact) mass is 293 g/mol. The zero-order chi connectivity index (χ0) is 14.8. The number of tetrazole rings is 1. The van der Waals surface area contributed by atoms with Gasteiger partial charge in [-0.05, 0) is 31.6 Å². The summed E-state index contributed by atoms with van der Waals surface area (Å²) in [6, 6.07) is -0.447. The molecule has 3 rings (SSSR count). The van der Waals surface area contributed by atoms with Crippen molar-refractivity contribution in [3.8, 4) is 0 Å². The third-order valence-corrected chi connectivity index (χ3v) is 4.44. The number of likely N-dealkylation sites (tertiary alicyclic amines) is 1. The van der Waals surface area contributed by atoms with Gasteiger partial charge in [0, 0.05) is 6.54 Å². The number of rotatable bonds is 4. The molecule has 1 aliphatic carbocycles. The zero-order valence-electron chi connectivity index (χ0n) is 12.0. The second-order valence-corrected chi connectivity index (χ2v) is 5.60. The van der Waals surface area contributed by atoms with Crippen molar-refractivity contribution < 1.29 is 14.3 Å². The Bertz CT molecular complexity index is 518. The van der Waals surface area contributed by atoms with Gasteiger partial charge in [-0.2, -0.15) is 5.21 Å². The number of hydrogen-bond donors (Lipinski definition) is 1. The number of H-pyrrole nitrogens is 1. The van der Waals surface area contributed by atoms with Gasteiger partial charge in [-0.3, -0.25) is 4.79 Å². The third kappa shape index (κ3) is 2.62. The summed E-state index contributed by atoms with van der Waals surface area (Å²) >= 11 is 0. The van der Waals surface area contributed by atoms with Crippen LogP contribution in [0.3, 0.4) is 0 Å². The van der Waals surface area contributed by atoms with Gasteiger partial charge in [-0.25, -0.2) is 4.79 Å². The number of aromatic amines is 1. The molecular weight excluding hydrogens is 274 g/mol. The number of carbonyl (C=O) groups is 2. The van der Waals surface area contributed by atoms with Crippen LogP contribution in [0.2, 0.25) is 0 Å². The highest BCUT2D eigenvalue weighted by atomic mass is 16.5. The van der Waals surface area contributed by atoms with Gasteiger partial charge < -0.3 is 9.64 Å². The van der Waals surface area contributed by atoms with Crippen molar-refractivity contribution in [1.29, 1.82) is 0 Å². The lowest BCUT2D eigenvalue weighted by Crippen LogP contribution is -2.45. The Balaban J connectivity index is 1.75. The number of carbonyl (C=O) groups excluding carboxylic acids is 2. The molecule has 0 spiro atoms. The van der Waals surface area contributed by atoms with E-state index in [1.807, 2.05) is 0 Å². The van der Waals surface area contributed by atoms with Crippen LogP contribution in [-0.2, 0) is 20.7 Å². The van der Waals surface area contributed by atoms with Gasteiger partial charge in [0.2, 0.25) is 5.91 Å². The van der Waals surface area contributed by atoms with E-state index in [2.05, 4.69) is 20.6 Å². The minimum absolute atomic E-state index is 0.0614. The van der Waals surface area contributed by atoms with Crippen molar-refractivity contribution in [1.82, 2.24) is 25.5 Å². The molecule has 0 aromatic carbocycles. The van der Waals surface area contributed by atoms with E-state index in [1.54, 1.807) is 11.8 Å². The average Bonchev–Trinajstić information content (AvgIpc) is 3.14. The Hall–Kier alpha value is -1.99. The summed E-state index contributed by atoms with van der Waals surface area (Å²) in [6.45, 7) is 2.74. The number of nitrogens with zero attached hydrogens (tertiary/aromatic N) is 4. The Morgan fingerprint density at radius 3 is 3.00 bits per heavy atom. The quantitative estimate of drug-likeness (QED) is 0.780. The van der Waals surface area contributed by atoms with Crippen LogP contribution in [0.1, 0.15) is 32.0 Å². The first-order valence-corrected chi connectivity index (χ1v) is 7.39. The maximum absolute atomic E-state index is 12.5. The molecule has 1 saturated carbocycles. The molecule has 0 unspecified atom stereocenters. The van der Waals surface area contributed by atoms with E-state index >= 15 is 0 Å². The highest BCUT2D eigenvalue weighted by molar-refractivity contribution is 5.86. The molecule has 1 N–H and O–H groups in total. The van der Waals surface area contributed by atoms with Crippen LogP contribution in [-0.4, -0.2) is 56.6 Å². The van der Waals surface area contributed by atoms with Crippen LogP contribution in [0, 0.1) is 11.8 Å². The van der Waals surface area contributed by atoms with Crippen molar-refractivity contribution in [2.75, 3.05) is 13.2 Å². The lowest BCUT2D eigenvalue weighted by molar-refractivity contribution is -0.154. The Morgan fingerprint density at radius 1 is 1.43 bits per heavy atom. The first kappa shape index (κ1) is 14.0. The van der Waals surface area contributed by atoms with Crippen LogP contribution in [0.15, 0.2) is 0 Å². The average molecular weight is 293 g/mol. The van der Waals surface area contributed by atoms with Crippen LogP contribution in [0.25, 0.3) is 0 Å². The molecule has 1 aliphatic heterocycles. The topological polar surface area (TPSA) is 101 Å². The van der Waals surface area contributed by atoms with E-state index in [1.165, 1.54) is 0 Å². The van der Waals surface area contributed by atoms with E-state index < -0.39 is 6.04 Å². The van der Waals surface area contributed by atoms with Gasteiger partial charge in [-0.15, -0.1) is 10.2 Å². The molecule has 1 aromatic heterocycles. The Morgan fingerprint density at radius 2 is 2.29 bits per heavy atom. The van der Waals surface area contributed by atoms with Crippen LogP contribution in [0.4, 0.5) is 0 Å². The van der Waals surface area contributed by atoms with Gasteiger partial charge >= 0.3 is 5.97 Å². The van der Waals surface area contributed by atoms with Crippen molar-refractivity contribution in [3.63, 3.8) is 0 Å². The molecule has 3 atom stereocenters. The maximum atomic E-state index is 12.5. The number of ether oxygens (including phenoxy) is 1. The summed E-state index contributed by atoms with van der Waals surface area (Å²) in [7, 11) is 0. The molecule has 21 heavy (non-hydrogen) atoms. The predicted octanol–water partition coefficient (Wildman–Crippen LogP) is -0.0676. The molecule has 8 heteroatoms. The van der Waals surface area contributed by atoms with Gasteiger partial charge in [0.25, 0.3) is 0 Å². The summed E-state index contributed by atoms with van der Waals surface area (Å²) in [6.07, 6.45) is 3.25. The molecule has 1 saturated heterocycles. The summed E-state index contributed by atoms with van der Waals surface area (Å²) in [5, 5.41) is 13.4. The van der Waals surface area contributed by atoms with E-state index in [9.17, 15) is 9.59 Å². The lowest BCUT2D eigenvalue weighted by Gasteiger charge is -2.25. The van der Waals surface area contributed by atoms with Crippen molar-refractivity contribution in [2.45, 2.75) is 38.6 Å². The lowest BCUT2D eigenvalue weighted by atomic mass is 9.94. The highest BCUT2D eigenvalue weighted by Crippen LogP contribution is 2.42. The SMILES string of the molecule is CCOC(=O)[C@@H]1[C@@H]2CCC[C@@H]2CN1C(=O)Cc1nn[nH]n1.